The molecule has 1 aliphatic rings. The predicted molar refractivity (Wildman–Crippen MR) is 49.9 cm³/mol. The summed E-state index contributed by atoms with van der Waals surface area (Å²) >= 11 is 0. The SMILES string of the molecule is C=CCN1CCC(O)(CN)CC1. The predicted octanol–water partition coefficient (Wildman–Crippen LogP) is -0.0420. The molecule has 1 saturated heterocycles. The van der Waals surface area contributed by atoms with Gasteiger partial charge in [0.25, 0.3) is 0 Å². The average molecular weight is 170 g/mol. The van der Waals surface area contributed by atoms with Crippen LogP contribution in [0.2, 0.25) is 0 Å². The molecule has 1 rings (SSSR count). The number of nitrogens with two attached hydrogens (primary N) is 1. The van der Waals surface area contributed by atoms with E-state index in [0.29, 0.717) is 6.54 Å². The lowest BCUT2D eigenvalue weighted by atomic mass is 9.92. The standard InChI is InChI=1S/C9H18N2O/c1-2-5-11-6-3-9(12,8-10)4-7-11/h2,12H,1,3-8,10H2. The molecule has 1 aliphatic heterocycles. The smallest absolute Gasteiger partial charge is 0.0793 e. The third-order valence-corrected chi connectivity index (χ3v) is 2.55. The van der Waals surface area contributed by atoms with E-state index < -0.39 is 5.60 Å². The Bertz CT molecular complexity index is 151. The molecule has 0 radical (unpaired) electrons. The first kappa shape index (κ1) is 9.71. The molecular weight excluding hydrogens is 152 g/mol. The quantitative estimate of drug-likeness (QED) is 0.584. The Balaban J connectivity index is 2.33. The van der Waals surface area contributed by atoms with Gasteiger partial charge >= 0.3 is 0 Å². The van der Waals surface area contributed by atoms with Crippen molar-refractivity contribution in [2.45, 2.75) is 18.4 Å². The lowest BCUT2D eigenvalue weighted by molar-refractivity contribution is -0.0107. The molecule has 0 atom stereocenters. The van der Waals surface area contributed by atoms with Crippen LogP contribution in [0.5, 0.6) is 0 Å². The zero-order valence-corrected chi connectivity index (χ0v) is 7.50. The third kappa shape index (κ3) is 2.30. The Morgan fingerprint density at radius 3 is 2.50 bits per heavy atom. The molecule has 0 bridgehead atoms. The first-order valence-corrected chi connectivity index (χ1v) is 4.46. The summed E-state index contributed by atoms with van der Waals surface area (Å²) in [6, 6.07) is 0. The Hall–Kier alpha value is -0.380. The molecule has 0 aromatic rings. The molecule has 0 aromatic carbocycles. The Labute approximate surface area is 73.9 Å². The molecule has 70 valence electrons. The summed E-state index contributed by atoms with van der Waals surface area (Å²) in [4.78, 5) is 2.27. The van der Waals surface area contributed by atoms with Crippen LogP contribution in [0.4, 0.5) is 0 Å². The molecule has 12 heavy (non-hydrogen) atoms. The lowest BCUT2D eigenvalue weighted by Gasteiger charge is -2.36. The van der Waals surface area contributed by atoms with Gasteiger partial charge in [-0.25, -0.2) is 0 Å². The summed E-state index contributed by atoms with van der Waals surface area (Å²) in [7, 11) is 0. The van der Waals surface area contributed by atoms with Gasteiger partial charge in [0.05, 0.1) is 5.60 Å². The van der Waals surface area contributed by atoms with Crippen LogP contribution < -0.4 is 5.73 Å². The first-order valence-electron chi connectivity index (χ1n) is 4.46. The van der Waals surface area contributed by atoms with Gasteiger partial charge in [-0.2, -0.15) is 0 Å². The summed E-state index contributed by atoms with van der Waals surface area (Å²) in [5.41, 5.74) is 4.87. The van der Waals surface area contributed by atoms with Gasteiger partial charge in [0.1, 0.15) is 0 Å². The average Bonchev–Trinajstić information content (AvgIpc) is 2.10. The van der Waals surface area contributed by atoms with Crippen LogP contribution in [-0.4, -0.2) is 41.8 Å². The molecule has 0 spiro atoms. The molecule has 3 nitrogen and oxygen atoms in total. The van der Waals surface area contributed by atoms with E-state index in [-0.39, 0.29) is 0 Å². The number of nitrogens with zero attached hydrogens (tertiary/aromatic N) is 1. The fraction of sp³-hybridized carbons (Fsp3) is 0.778. The summed E-state index contributed by atoms with van der Waals surface area (Å²) in [5, 5.41) is 9.79. The molecule has 1 heterocycles. The van der Waals surface area contributed by atoms with Gasteiger partial charge in [0.2, 0.25) is 0 Å². The van der Waals surface area contributed by atoms with E-state index in [0.717, 1.165) is 32.5 Å². The van der Waals surface area contributed by atoms with Crippen LogP contribution in [0, 0.1) is 0 Å². The molecular formula is C9H18N2O. The topological polar surface area (TPSA) is 49.5 Å². The minimum absolute atomic E-state index is 0.384. The fourth-order valence-electron chi connectivity index (χ4n) is 1.54. The molecule has 1 fully saturated rings. The lowest BCUT2D eigenvalue weighted by Crippen LogP contribution is -2.48. The maximum Gasteiger partial charge on any atom is 0.0793 e. The molecule has 3 N–H and O–H groups in total. The Morgan fingerprint density at radius 1 is 1.50 bits per heavy atom. The second-order valence-corrected chi connectivity index (χ2v) is 3.52. The van der Waals surface area contributed by atoms with Gasteiger partial charge in [0.15, 0.2) is 0 Å². The zero-order chi connectivity index (χ0) is 9.03. The van der Waals surface area contributed by atoms with Crippen LogP contribution in [0.1, 0.15) is 12.8 Å². The first-order chi connectivity index (χ1) is 5.70. The van der Waals surface area contributed by atoms with E-state index in [9.17, 15) is 5.11 Å². The van der Waals surface area contributed by atoms with Gasteiger partial charge in [-0.1, -0.05) is 6.08 Å². The van der Waals surface area contributed by atoms with Crippen molar-refractivity contribution in [3.63, 3.8) is 0 Å². The van der Waals surface area contributed by atoms with Crippen LogP contribution in [0.15, 0.2) is 12.7 Å². The zero-order valence-electron chi connectivity index (χ0n) is 7.50. The Kier molecular flexibility index (Phi) is 3.26. The highest BCUT2D eigenvalue weighted by Crippen LogP contribution is 2.20. The second-order valence-electron chi connectivity index (χ2n) is 3.52. The van der Waals surface area contributed by atoms with Crippen molar-refractivity contribution in [3.05, 3.63) is 12.7 Å². The molecule has 0 saturated carbocycles. The van der Waals surface area contributed by atoms with E-state index in [1.165, 1.54) is 0 Å². The number of rotatable bonds is 3. The highest BCUT2D eigenvalue weighted by atomic mass is 16.3. The molecule has 3 heteroatoms. The van der Waals surface area contributed by atoms with Crippen molar-refractivity contribution in [2.75, 3.05) is 26.2 Å². The summed E-state index contributed by atoms with van der Waals surface area (Å²) in [5.74, 6) is 0. The molecule has 0 aliphatic carbocycles. The van der Waals surface area contributed by atoms with Gasteiger partial charge in [-0.05, 0) is 12.8 Å². The molecule has 0 aromatic heterocycles. The number of likely N-dealkylation sites (tertiary alicyclic amines) is 1. The van der Waals surface area contributed by atoms with Gasteiger partial charge in [-0.3, -0.25) is 4.90 Å². The molecule has 0 unspecified atom stereocenters. The highest BCUT2D eigenvalue weighted by Gasteiger charge is 2.29. The van der Waals surface area contributed by atoms with E-state index >= 15 is 0 Å². The largest absolute Gasteiger partial charge is 0.388 e. The van der Waals surface area contributed by atoms with Gasteiger partial charge in [0, 0.05) is 26.2 Å². The van der Waals surface area contributed by atoms with Crippen LogP contribution >= 0.6 is 0 Å². The number of piperidine rings is 1. The van der Waals surface area contributed by atoms with Crippen LogP contribution in [0.3, 0.4) is 0 Å². The van der Waals surface area contributed by atoms with Crippen molar-refractivity contribution < 1.29 is 5.11 Å². The monoisotopic (exact) mass is 170 g/mol. The minimum Gasteiger partial charge on any atom is -0.388 e. The van der Waals surface area contributed by atoms with Crippen molar-refractivity contribution in [1.29, 1.82) is 0 Å². The summed E-state index contributed by atoms with van der Waals surface area (Å²) < 4.78 is 0. The second kappa shape index (κ2) is 4.03. The third-order valence-electron chi connectivity index (χ3n) is 2.55. The van der Waals surface area contributed by atoms with Gasteiger partial charge in [-0.15, -0.1) is 6.58 Å². The normalized spacial score (nSPS) is 23.8. The minimum atomic E-state index is -0.600. The van der Waals surface area contributed by atoms with E-state index in [1.807, 2.05) is 6.08 Å². The van der Waals surface area contributed by atoms with Crippen LogP contribution in [-0.2, 0) is 0 Å². The summed E-state index contributed by atoms with van der Waals surface area (Å²) in [6.45, 7) is 6.84. The van der Waals surface area contributed by atoms with Crippen molar-refractivity contribution >= 4 is 0 Å². The maximum atomic E-state index is 9.79. The van der Waals surface area contributed by atoms with E-state index in [2.05, 4.69) is 11.5 Å². The van der Waals surface area contributed by atoms with Crippen molar-refractivity contribution in [1.82, 2.24) is 4.90 Å². The maximum absolute atomic E-state index is 9.79. The fourth-order valence-corrected chi connectivity index (χ4v) is 1.54. The van der Waals surface area contributed by atoms with Crippen molar-refractivity contribution in [2.24, 2.45) is 5.73 Å². The number of aliphatic hydroxyl groups is 1. The van der Waals surface area contributed by atoms with Crippen molar-refractivity contribution in [3.8, 4) is 0 Å². The molecule has 0 amide bonds. The highest BCUT2D eigenvalue weighted by molar-refractivity contribution is 4.88. The number of hydrogen-bond acceptors (Lipinski definition) is 3. The Morgan fingerprint density at radius 2 is 2.08 bits per heavy atom. The number of hydrogen-bond donors (Lipinski definition) is 2. The van der Waals surface area contributed by atoms with E-state index in [1.54, 1.807) is 0 Å². The van der Waals surface area contributed by atoms with Gasteiger partial charge < -0.3 is 10.8 Å². The van der Waals surface area contributed by atoms with E-state index in [4.69, 9.17) is 5.73 Å². The summed E-state index contributed by atoms with van der Waals surface area (Å²) in [6.07, 6.45) is 3.47. The van der Waals surface area contributed by atoms with Crippen LogP contribution in [0.25, 0.3) is 0 Å².